The van der Waals surface area contributed by atoms with Crippen LogP contribution >= 0.6 is 0 Å². The number of aliphatic carboxylic acids is 1. The lowest BCUT2D eigenvalue weighted by Gasteiger charge is -2.16. The molecule has 0 bridgehead atoms. The Hall–Kier alpha value is -2.03. The summed E-state index contributed by atoms with van der Waals surface area (Å²) < 4.78 is 4.81. The van der Waals surface area contributed by atoms with Gasteiger partial charge in [-0.15, -0.1) is 0 Å². The molecule has 1 aliphatic carbocycles. The average Bonchev–Trinajstić information content (AvgIpc) is 2.46. The summed E-state index contributed by atoms with van der Waals surface area (Å²) in [6, 6.07) is 6.53. The van der Waals surface area contributed by atoms with E-state index in [4.69, 9.17) is 9.84 Å². The smallest absolute Gasteiger partial charge is 0.371 e. The first-order valence-corrected chi connectivity index (χ1v) is 6.90. The molecule has 2 rings (SSSR count). The quantitative estimate of drug-likeness (QED) is 0.517. The molecule has 0 spiro atoms. The molecule has 1 N–H and O–H groups in total. The van der Waals surface area contributed by atoms with Crippen molar-refractivity contribution >= 4 is 11.5 Å². The van der Waals surface area contributed by atoms with Crippen LogP contribution in [0.4, 0.5) is 0 Å². The van der Waals surface area contributed by atoms with Crippen molar-refractivity contribution < 1.29 is 14.6 Å². The molecule has 0 saturated carbocycles. The third-order valence-corrected chi connectivity index (χ3v) is 3.72. The molecule has 0 aliphatic heterocycles. The Bertz CT molecular complexity index is 568. The van der Waals surface area contributed by atoms with Crippen molar-refractivity contribution in [3.05, 3.63) is 52.8 Å². The molecule has 106 valence electrons. The summed E-state index contributed by atoms with van der Waals surface area (Å²) in [6.45, 7) is 1.98. The molecular formula is C17H20O3. The fraction of sp³-hybridized carbons (Fsp3) is 0.353. The minimum absolute atomic E-state index is 0.0534. The van der Waals surface area contributed by atoms with Crippen LogP contribution in [-0.4, -0.2) is 18.2 Å². The van der Waals surface area contributed by atoms with Gasteiger partial charge in [-0.25, -0.2) is 4.79 Å². The second-order valence-electron chi connectivity index (χ2n) is 5.08. The number of carboxylic acid groups (broad SMARTS) is 1. The fourth-order valence-electron chi connectivity index (χ4n) is 2.50. The Balaban J connectivity index is 2.24. The number of hydrogen-bond acceptors (Lipinski definition) is 2. The summed E-state index contributed by atoms with van der Waals surface area (Å²) in [7, 11) is 1.36. The SMILES string of the molecule is CO/C(=C/C=C(\C)c1ccc2c(c1)CCCC2)C(=O)O. The molecule has 0 fully saturated rings. The topological polar surface area (TPSA) is 46.5 Å². The van der Waals surface area contributed by atoms with E-state index in [2.05, 4.69) is 18.2 Å². The van der Waals surface area contributed by atoms with Crippen molar-refractivity contribution in [3.63, 3.8) is 0 Å². The van der Waals surface area contributed by atoms with Gasteiger partial charge in [0.2, 0.25) is 5.76 Å². The predicted octanol–water partition coefficient (Wildman–Crippen LogP) is 3.58. The van der Waals surface area contributed by atoms with E-state index < -0.39 is 5.97 Å². The Morgan fingerprint density at radius 2 is 1.90 bits per heavy atom. The van der Waals surface area contributed by atoms with Crippen LogP contribution in [0.2, 0.25) is 0 Å². The third kappa shape index (κ3) is 3.29. The highest BCUT2D eigenvalue weighted by Gasteiger charge is 2.10. The van der Waals surface area contributed by atoms with Gasteiger partial charge in [-0.05, 0) is 60.9 Å². The number of rotatable bonds is 4. The molecule has 0 unspecified atom stereocenters. The van der Waals surface area contributed by atoms with Crippen molar-refractivity contribution in [2.75, 3.05) is 7.11 Å². The lowest BCUT2D eigenvalue weighted by molar-refractivity contribution is -0.136. The molecule has 1 aromatic rings. The zero-order valence-electron chi connectivity index (χ0n) is 12.0. The molecule has 0 aromatic heterocycles. The second-order valence-corrected chi connectivity index (χ2v) is 5.08. The predicted molar refractivity (Wildman–Crippen MR) is 79.5 cm³/mol. The van der Waals surface area contributed by atoms with E-state index in [0.29, 0.717) is 0 Å². The van der Waals surface area contributed by atoms with E-state index in [9.17, 15) is 4.79 Å². The number of aryl methyl sites for hydroxylation is 2. The molecule has 0 heterocycles. The number of allylic oxidation sites excluding steroid dienone is 3. The summed E-state index contributed by atoms with van der Waals surface area (Å²) in [4.78, 5) is 10.8. The molecule has 0 radical (unpaired) electrons. The van der Waals surface area contributed by atoms with Crippen LogP contribution in [0.3, 0.4) is 0 Å². The van der Waals surface area contributed by atoms with Crippen LogP contribution in [-0.2, 0) is 22.4 Å². The van der Waals surface area contributed by atoms with Crippen LogP contribution in [0.15, 0.2) is 36.1 Å². The van der Waals surface area contributed by atoms with Crippen molar-refractivity contribution in [3.8, 4) is 0 Å². The number of hydrogen-bond donors (Lipinski definition) is 1. The number of methoxy groups -OCH3 is 1. The van der Waals surface area contributed by atoms with Gasteiger partial charge in [-0.2, -0.15) is 0 Å². The number of ether oxygens (including phenoxy) is 1. The van der Waals surface area contributed by atoms with Gasteiger partial charge >= 0.3 is 5.97 Å². The Labute approximate surface area is 119 Å². The van der Waals surface area contributed by atoms with E-state index >= 15 is 0 Å². The molecule has 20 heavy (non-hydrogen) atoms. The van der Waals surface area contributed by atoms with Gasteiger partial charge in [-0.1, -0.05) is 24.3 Å². The van der Waals surface area contributed by atoms with E-state index in [1.165, 1.54) is 43.6 Å². The lowest BCUT2D eigenvalue weighted by atomic mass is 9.89. The van der Waals surface area contributed by atoms with E-state index in [0.717, 1.165) is 17.6 Å². The molecule has 3 nitrogen and oxygen atoms in total. The normalized spacial score (nSPS) is 15.7. The largest absolute Gasteiger partial charge is 0.490 e. The van der Waals surface area contributed by atoms with Gasteiger partial charge in [-0.3, -0.25) is 0 Å². The number of carboxylic acids is 1. The monoisotopic (exact) mass is 272 g/mol. The maximum Gasteiger partial charge on any atom is 0.371 e. The first kappa shape index (κ1) is 14.4. The van der Waals surface area contributed by atoms with Crippen molar-refractivity contribution in [1.82, 2.24) is 0 Å². The van der Waals surface area contributed by atoms with Crippen LogP contribution in [0, 0.1) is 0 Å². The average molecular weight is 272 g/mol. The van der Waals surface area contributed by atoms with Gasteiger partial charge in [0, 0.05) is 0 Å². The Morgan fingerprint density at radius 1 is 1.20 bits per heavy atom. The van der Waals surface area contributed by atoms with Gasteiger partial charge in [0.05, 0.1) is 7.11 Å². The molecule has 0 atom stereocenters. The highest BCUT2D eigenvalue weighted by atomic mass is 16.5. The molecule has 0 amide bonds. The third-order valence-electron chi connectivity index (χ3n) is 3.72. The van der Waals surface area contributed by atoms with Crippen molar-refractivity contribution in [2.45, 2.75) is 32.6 Å². The molecule has 1 aliphatic rings. The lowest BCUT2D eigenvalue weighted by Crippen LogP contribution is -2.03. The standard InChI is InChI=1S/C17H20O3/c1-12(7-10-16(20-2)17(18)19)14-9-8-13-5-3-4-6-15(13)11-14/h7-11H,3-6H2,1-2H3,(H,18,19)/b12-7+,16-10+. The van der Waals surface area contributed by atoms with Crippen molar-refractivity contribution in [2.24, 2.45) is 0 Å². The maximum absolute atomic E-state index is 10.8. The van der Waals surface area contributed by atoms with Gasteiger partial charge in [0.1, 0.15) is 0 Å². The van der Waals surface area contributed by atoms with Crippen molar-refractivity contribution in [1.29, 1.82) is 0 Å². The first-order valence-electron chi connectivity index (χ1n) is 6.90. The van der Waals surface area contributed by atoms with Gasteiger partial charge in [0.15, 0.2) is 0 Å². The number of fused-ring (bicyclic) bond motifs is 1. The minimum Gasteiger partial charge on any atom is -0.490 e. The van der Waals surface area contributed by atoms with E-state index in [1.807, 2.05) is 6.92 Å². The van der Waals surface area contributed by atoms with E-state index in [-0.39, 0.29) is 5.76 Å². The highest BCUT2D eigenvalue weighted by Crippen LogP contribution is 2.25. The first-order chi connectivity index (χ1) is 9.61. The summed E-state index contributed by atoms with van der Waals surface area (Å²) in [5.74, 6) is -1.11. The van der Waals surface area contributed by atoms with E-state index in [1.54, 1.807) is 6.08 Å². The molecular weight excluding hydrogens is 252 g/mol. The van der Waals surface area contributed by atoms with Crippen LogP contribution < -0.4 is 0 Å². The van der Waals surface area contributed by atoms with Crippen LogP contribution in [0.25, 0.3) is 5.57 Å². The summed E-state index contributed by atoms with van der Waals surface area (Å²) in [6.07, 6.45) is 8.14. The Kier molecular flexibility index (Phi) is 4.61. The van der Waals surface area contributed by atoms with Crippen LogP contribution in [0.5, 0.6) is 0 Å². The highest BCUT2D eigenvalue weighted by molar-refractivity contribution is 5.85. The summed E-state index contributed by atoms with van der Waals surface area (Å²) >= 11 is 0. The minimum atomic E-state index is -1.05. The molecule has 0 saturated heterocycles. The summed E-state index contributed by atoms with van der Waals surface area (Å²) in [5, 5.41) is 8.89. The van der Waals surface area contributed by atoms with Gasteiger partial charge < -0.3 is 9.84 Å². The Morgan fingerprint density at radius 3 is 2.55 bits per heavy atom. The second kappa shape index (κ2) is 6.42. The zero-order chi connectivity index (χ0) is 14.5. The maximum atomic E-state index is 10.8. The molecule has 1 aromatic carbocycles. The number of carbonyl (C=O) groups is 1. The van der Waals surface area contributed by atoms with Crippen LogP contribution in [0.1, 0.15) is 36.5 Å². The number of benzene rings is 1. The van der Waals surface area contributed by atoms with Gasteiger partial charge in [0.25, 0.3) is 0 Å². The summed E-state index contributed by atoms with van der Waals surface area (Å²) in [5.41, 5.74) is 5.05. The fourth-order valence-corrected chi connectivity index (χ4v) is 2.50. The molecule has 3 heteroatoms. The zero-order valence-corrected chi connectivity index (χ0v) is 12.0.